The minimum absolute atomic E-state index is 0.0410. The van der Waals surface area contributed by atoms with Gasteiger partial charge in [-0.15, -0.1) is 13.2 Å². The van der Waals surface area contributed by atoms with Crippen molar-refractivity contribution in [2.45, 2.75) is 31.5 Å². The normalized spacial score (nSPS) is 24.9. The largest absolute Gasteiger partial charge is 0.363 e. The van der Waals surface area contributed by atoms with Crippen LogP contribution < -0.4 is 0 Å². The molecule has 0 amide bonds. The number of ether oxygens (including phenoxy) is 1. The maximum absolute atomic E-state index is 6.80. The Morgan fingerprint density at radius 2 is 1.60 bits per heavy atom. The van der Waals surface area contributed by atoms with Gasteiger partial charge in [0.05, 0.1) is 25.2 Å². The van der Waals surface area contributed by atoms with Crippen molar-refractivity contribution >= 4 is 32.4 Å². The van der Waals surface area contributed by atoms with Crippen LogP contribution in [-0.4, -0.2) is 35.2 Å². The molecule has 3 aliphatic rings. The zero-order chi connectivity index (χ0) is 27.1. The number of pyridine rings is 1. The van der Waals surface area contributed by atoms with Crippen LogP contribution in [0.2, 0.25) is 0 Å². The van der Waals surface area contributed by atoms with Gasteiger partial charge in [-0.05, 0) is 51.2 Å². The summed E-state index contributed by atoms with van der Waals surface area (Å²) in [6, 6.07) is 31.2. The predicted octanol–water partition coefficient (Wildman–Crippen LogP) is 8.40. The van der Waals surface area contributed by atoms with E-state index in [-0.39, 0.29) is 6.10 Å². The van der Waals surface area contributed by atoms with Gasteiger partial charge < -0.3 is 9.22 Å². The molecule has 2 bridgehead atoms. The van der Waals surface area contributed by atoms with Gasteiger partial charge >= 0.3 is 0 Å². The van der Waals surface area contributed by atoms with Crippen LogP contribution in [0.3, 0.4) is 0 Å². The standard InChI is InChI=1S/C37H37N2O/c1-3-21-40-37(33-17-19-38-35-16-10-9-15-32(33)35)36-23-27-18-20-39(36,24-26(27)4-2)25-34-30-13-7-5-11-28(30)22-29-12-6-8-14-31(29)34/h3-17,19,22,26-27,36-37H,1-2,18,20-21,23-25H2/q+1/t26-,27+,36+,37-,39?/m1/s1. The third kappa shape index (κ3) is 4.16. The second-order valence-electron chi connectivity index (χ2n) is 11.8. The molecule has 4 aromatic carbocycles. The number of hydrogen-bond donors (Lipinski definition) is 0. The van der Waals surface area contributed by atoms with E-state index in [9.17, 15) is 0 Å². The maximum atomic E-state index is 6.80. The van der Waals surface area contributed by atoms with Crippen LogP contribution in [0.5, 0.6) is 0 Å². The lowest BCUT2D eigenvalue weighted by molar-refractivity contribution is -0.984. The lowest BCUT2D eigenvalue weighted by Gasteiger charge is -2.58. The highest BCUT2D eigenvalue weighted by Gasteiger charge is 2.54. The first-order valence-corrected chi connectivity index (χ1v) is 14.6. The topological polar surface area (TPSA) is 22.1 Å². The highest BCUT2D eigenvalue weighted by atomic mass is 16.5. The van der Waals surface area contributed by atoms with Crippen molar-refractivity contribution in [3.63, 3.8) is 0 Å². The van der Waals surface area contributed by atoms with Crippen LogP contribution >= 0.6 is 0 Å². The van der Waals surface area contributed by atoms with Crippen molar-refractivity contribution in [2.75, 3.05) is 19.7 Å². The molecule has 200 valence electrons. The van der Waals surface area contributed by atoms with Gasteiger partial charge in [-0.2, -0.15) is 0 Å². The fraction of sp³-hybridized carbons (Fsp3) is 0.270. The van der Waals surface area contributed by atoms with Crippen LogP contribution in [0.4, 0.5) is 0 Å². The first kappa shape index (κ1) is 25.2. The van der Waals surface area contributed by atoms with Crippen molar-refractivity contribution in [1.29, 1.82) is 0 Å². The molecule has 0 aliphatic carbocycles. The quantitative estimate of drug-likeness (QED) is 0.115. The average molecular weight is 526 g/mol. The molecule has 0 radical (unpaired) electrons. The summed E-state index contributed by atoms with van der Waals surface area (Å²) in [6.45, 7) is 12.1. The number of piperidine rings is 3. The van der Waals surface area contributed by atoms with E-state index in [2.05, 4.69) is 109 Å². The smallest absolute Gasteiger partial charge is 0.135 e. The summed E-state index contributed by atoms with van der Waals surface area (Å²) in [4.78, 5) is 4.68. The van der Waals surface area contributed by atoms with E-state index in [1.165, 1.54) is 44.5 Å². The summed E-state index contributed by atoms with van der Waals surface area (Å²) in [7, 11) is 0. The number of para-hydroxylation sites is 1. The molecule has 8 rings (SSSR count). The Kier molecular flexibility index (Phi) is 6.50. The zero-order valence-corrected chi connectivity index (χ0v) is 23.1. The van der Waals surface area contributed by atoms with Gasteiger partial charge in [0.1, 0.15) is 18.7 Å². The van der Waals surface area contributed by atoms with Gasteiger partial charge in [-0.25, -0.2) is 0 Å². The lowest BCUT2D eigenvalue weighted by atomic mass is 9.70. The number of benzene rings is 4. The highest BCUT2D eigenvalue weighted by molar-refractivity contribution is 6.02. The molecule has 0 N–H and O–H groups in total. The van der Waals surface area contributed by atoms with Gasteiger partial charge in [0.2, 0.25) is 0 Å². The molecule has 5 atom stereocenters. The fourth-order valence-electron chi connectivity index (χ4n) is 7.90. The molecule has 3 nitrogen and oxygen atoms in total. The number of rotatable bonds is 8. The molecule has 0 spiro atoms. The second-order valence-corrected chi connectivity index (χ2v) is 11.8. The van der Waals surface area contributed by atoms with Crippen molar-refractivity contribution in [2.24, 2.45) is 11.8 Å². The number of hydrogen-bond acceptors (Lipinski definition) is 2. The lowest BCUT2D eigenvalue weighted by Crippen LogP contribution is -2.67. The molecule has 3 aliphatic heterocycles. The second kappa shape index (κ2) is 10.3. The summed E-state index contributed by atoms with van der Waals surface area (Å²) in [5.74, 6) is 1.18. The monoisotopic (exact) mass is 525 g/mol. The van der Waals surface area contributed by atoms with Crippen LogP contribution in [0.1, 0.15) is 30.1 Å². The Bertz CT molecular complexity index is 1670. The SMILES string of the molecule is C=CCO[C@H](c1ccnc2ccccc12)[C@@H]1C[C@@H]2CC[N+]1(Cc1c3ccccc3cc3ccccc13)C[C@H]2C=C. The zero-order valence-electron chi connectivity index (χ0n) is 23.1. The molecule has 40 heavy (non-hydrogen) atoms. The fourth-order valence-corrected chi connectivity index (χ4v) is 7.90. The molecule has 4 heterocycles. The Morgan fingerprint density at radius 1 is 0.900 bits per heavy atom. The van der Waals surface area contributed by atoms with Crippen molar-refractivity contribution in [3.05, 3.63) is 128 Å². The average Bonchev–Trinajstić information content (AvgIpc) is 3.01. The summed E-state index contributed by atoms with van der Waals surface area (Å²) in [5.41, 5.74) is 3.74. The van der Waals surface area contributed by atoms with Crippen LogP contribution in [0.15, 0.2) is 116 Å². The van der Waals surface area contributed by atoms with Gasteiger partial charge in [-0.1, -0.05) is 78.9 Å². The van der Waals surface area contributed by atoms with Crippen molar-refractivity contribution < 1.29 is 9.22 Å². The molecule has 3 fully saturated rings. The van der Waals surface area contributed by atoms with Gasteiger partial charge in [0.25, 0.3) is 0 Å². The summed E-state index contributed by atoms with van der Waals surface area (Å²) >= 11 is 0. The van der Waals surface area contributed by atoms with E-state index >= 15 is 0 Å². The first-order chi connectivity index (χ1) is 19.7. The Hall–Kier alpha value is -3.79. The molecule has 5 aromatic rings. The number of aromatic nitrogens is 1. The maximum Gasteiger partial charge on any atom is 0.135 e. The molecule has 3 saturated heterocycles. The molecule has 3 heteroatoms. The van der Waals surface area contributed by atoms with E-state index in [0.29, 0.717) is 24.5 Å². The summed E-state index contributed by atoms with van der Waals surface area (Å²) in [5, 5.41) is 6.56. The minimum Gasteiger partial charge on any atom is -0.363 e. The number of nitrogens with zero attached hydrogens (tertiary/aromatic N) is 2. The van der Waals surface area contributed by atoms with Gasteiger partial charge in [0, 0.05) is 35.9 Å². The minimum atomic E-state index is -0.0410. The molecule has 0 saturated carbocycles. The van der Waals surface area contributed by atoms with Gasteiger partial charge in [0.15, 0.2) is 0 Å². The van der Waals surface area contributed by atoms with E-state index in [4.69, 9.17) is 4.74 Å². The van der Waals surface area contributed by atoms with Crippen molar-refractivity contribution in [1.82, 2.24) is 4.98 Å². The molecule has 1 aromatic heterocycles. The Balaban J connectivity index is 1.41. The molecule has 1 unspecified atom stereocenters. The predicted molar refractivity (Wildman–Crippen MR) is 166 cm³/mol. The van der Waals surface area contributed by atoms with E-state index < -0.39 is 0 Å². The van der Waals surface area contributed by atoms with Crippen molar-refractivity contribution in [3.8, 4) is 0 Å². The van der Waals surface area contributed by atoms with Gasteiger partial charge in [-0.3, -0.25) is 4.98 Å². The first-order valence-electron chi connectivity index (χ1n) is 14.6. The van der Waals surface area contributed by atoms with Crippen LogP contribution in [0.25, 0.3) is 32.4 Å². The molecular weight excluding hydrogens is 488 g/mol. The van der Waals surface area contributed by atoms with E-state index in [1.54, 1.807) is 0 Å². The Labute approximate surface area is 237 Å². The third-order valence-corrected chi connectivity index (χ3v) is 9.76. The number of quaternary nitrogens is 1. The summed E-state index contributed by atoms with van der Waals surface area (Å²) < 4.78 is 7.81. The number of fused-ring (bicyclic) bond motifs is 6. The van der Waals surface area contributed by atoms with E-state index in [0.717, 1.165) is 36.1 Å². The highest BCUT2D eigenvalue weighted by Crippen LogP contribution is 2.50. The van der Waals surface area contributed by atoms with Crippen LogP contribution in [0, 0.1) is 11.8 Å². The summed E-state index contributed by atoms with van der Waals surface area (Å²) in [6.07, 6.45) is 8.41. The Morgan fingerprint density at radius 3 is 2.33 bits per heavy atom. The van der Waals surface area contributed by atoms with Crippen LogP contribution in [-0.2, 0) is 11.3 Å². The molecular formula is C37H37N2O+. The van der Waals surface area contributed by atoms with E-state index in [1.807, 2.05) is 12.3 Å². The third-order valence-electron chi connectivity index (χ3n) is 9.76.